The average molecular weight is 512 g/mol. The monoisotopic (exact) mass is 511 g/mol. The number of benzene rings is 3. The number of anilines is 2. The first-order valence-electron chi connectivity index (χ1n) is 10.5. The number of aryl methyl sites for hydroxylation is 1. The van der Waals surface area contributed by atoms with E-state index in [4.69, 9.17) is 12.2 Å². The molecule has 2 amide bonds. The molecule has 3 aromatic rings. The molecule has 35 heavy (non-hydrogen) atoms. The minimum absolute atomic E-state index is 0.0421. The van der Waals surface area contributed by atoms with Crippen LogP contribution in [0.2, 0.25) is 0 Å². The predicted octanol–water partition coefficient (Wildman–Crippen LogP) is 3.06. The molecule has 0 heterocycles. The summed E-state index contributed by atoms with van der Waals surface area (Å²) in [5.74, 6) is -0.641. The number of carbonyl (C=O) groups is 2. The molecule has 0 aliphatic carbocycles. The first-order chi connectivity index (χ1) is 16.6. The van der Waals surface area contributed by atoms with E-state index in [1.54, 1.807) is 24.3 Å². The second-order valence-electron chi connectivity index (χ2n) is 7.63. The summed E-state index contributed by atoms with van der Waals surface area (Å²) in [6, 6.07) is 19.9. The highest BCUT2D eigenvalue weighted by Gasteiger charge is 2.14. The quantitative estimate of drug-likeness (QED) is 0.244. The minimum Gasteiger partial charge on any atom is -0.331 e. The van der Waals surface area contributed by atoms with Crippen molar-refractivity contribution in [2.24, 2.45) is 0 Å². The largest absolute Gasteiger partial charge is 0.331 e. The summed E-state index contributed by atoms with van der Waals surface area (Å²) in [5, 5.41) is 5.78. The highest BCUT2D eigenvalue weighted by Crippen LogP contribution is 2.15. The molecule has 3 aromatic carbocycles. The van der Waals surface area contributed by atoms with Crippen LogP contribution in [0.3, 0.4) is 0 Å². The van der Waals surface area contributed by atoms with E-state index in [2.05, 4.69) is 26.2 Å². The van der Waals surface area contributed by atoms with E-state index in [0.717, 1.165) is 11.3 Å². The Morgan fingerprint density at radius 3 is 1.97 bits per heavy atom. The third-order valence-corrected chi connectivity index (χ3v) is 6.39. The van der Waals surface area contributed by atoms with Crippen LogP contribution >= 0.6 is 12.2 Å². The van der Waals surface area contributed by atoms with Crippen molar-refractivity contribution in [3.63, 3.8) is 0 Å². The third kappa shape index (κ3) is 7.88. The van der Waals surface area contributed by atoms with Gasteiger partial charge in [0, 0.05) is 30.4 Å². The molecule has 0 saturated carbocycles. The SMILES string of the molecule is CC(=O)Nc1ccc(S(=O)(=O)NCc2ccc(C(=O)NNC(=S)Nc3ccc(C)cc3)cc2)cc1. The van der Waals surface area contributed by atoms with Crippen LogP contribution < -0.4 is 26.2 Å². The van der Waals surface area contributed by atoms with Gasteiger partial charge in [-0.15, -0.1) is 0 Å². The number of amides is 2. The van der Waals surface area contributed by atoms with Crippen LogP contribution in [0.25, 0.3) is 0 Å². The van der Waals surface area contributed by atoms with E-state index in [1.807, 2.05) is 31.2 Å². The zero-order valence-electron chi connectivity index (χ0n) is 19.1. The van der Waals surface area contributed by atoms with Gasteiger partial charge in [-0.1, -0.05) is 29.8 Å². The molecule has 0 spiro atoms. The fourth-order valence-electron chi connectivity index (χ4n) is 2.94. The Balaban J connectivity index is 1.49. The molecule has 5 N–H and O–H groups in total. The van der Waals surface area contributed by atoms with Gasteiger partial charge in [-0.25, -0.2) is 13.1 Å². The van der Waals surface area contributed by atoms with Gasteiger partial charge in [-0.2, -0.15) is 0 Å². The molecule has 0 radical (unpaired) electrons. The van der Waals surface area contributed by atoms with Crippen LogP contribution in [0.4, 0.5) is 11.4 Å². The molecular formula is C24H25N5O4S2. The molecule has 0 aromatic heterocycles. The van der Waals surface area contributed by atoms with Gasteiger partial charge in [0.15, 0.2) is 5.11 Å². The van der Waals surface area contributed by atoms with Crippen molar-refractivity contribution in [3.05, 3.63) is 89.5 Å². The number of hydrogen-bond acceptors (Lipinski definition) is 5. The van der Waals surface area contributed by atoms with Crippen LogP contribution in [0.1, 0.15) is 28.4 Å². The molecule has 0 fully saturated rings. The Kier molecular flexibility index (Phi) is 8.53. The summed E-state index contributed by atoms with van der Waals surface area (Å²) >= 11 is 5.17. The van der Waals surface area contributed by atoms with Gasteiger partial charge in [-0.05, 0) is 73.2 Å². The molecule has 0 aliphatic heterocycles. The summed E-state index contributed by atoms with van der Waals surface area (Å²) in [6.07, 6.45) is 0. The zero-order chi connectivity index (χ0) is 25.4. The van der Waals surface area contributed by atoms with E-state index in [9.17, 15) is 18.0 Å². The zero-order valence-corrected chi connectivity index (χ0v) is 20.7. The highest BCUT2D eigenvalue weighted by molar-refractivity contribution is 7.89. The number of thiocarbonyl (C=S) groups is 1. The Labute approximate surface area is 209 Å². The Bertz CT molecular complexity index is 1310. The second kappa shape index (κ2) is 11.6. The Morgan fingerprint density at radius 2 is 1.37 bits per heavy atom. The summed E-state index contributed by atoms with van der Waals surface area (Å²) in [5.41, 5.74) is 8.61. The van der Waals surface area contributed by atoms with Crippen LogP contribution in [-0.4, -0.2) is 25.3 Å². The van der Waals surface area contributed by atoms with Crippen LogP contribution in [0.15, 0.2) is 77.7 Å². The average Bonchev–Trinajstić information content (AvgIpc) is 2.83. The van der Waals surface area contributed by atoms with Gasteiger partial charge in [-0.3, -0.25) is 20.4 Å². The van der Waals surface area contributed by atoms with Crippen molar-refractivity contribution in [2.75, 3.05) is 10.6 Å². The standard InChI is InChI=1S/C24H25N5O4S2/c1-16-3-9-21(10-4-16)27-24(34)29-28-23(31)19-7-5-18(6-8-19)15-25-35(32,33)22-13-11-20(12-14-22)26-17(2)30/h3-14,25H,15H2,1-2H3,(H,26,30)(H,28,31)(H2,27,29,34). The maximum Gasteiger partial charge on any atom is 0.269 e. The summed E-state index contributed by atoms with van der Waals surface area (Å²) in [4.78, 5) is 23.5. The maximum absolute atomic E-state index is 12.5. The maximum atomic E-state index is 12.5. The van der Waals surface area contributed by atoms with Gasteiger partial charge in [0.2, 0.25) is 15.9 Å². The number of sulfonamides is 1. The highest BCUT2D eigenvalue weighted by atomic mass is 32.2. The van der Waals surface area contributed by atoms with E-state index in [-0.39, 0.29) is 22.5 Å². The normalized spacial score (nSPS) is 10.8. The molecule has 0 unspecified atom stereocenters. The van der Waals surface area contributed by atoms with Gasteiger partial charge < -0.3 is 10.6 Å². The van der Waals surface area contributed by atoms with E-state index >= 15 is 0 Å². The molecule has 3 rings (SSSR count). The third-order valence-electron chi connectivity index (χ3n) is 4.77. The molecule has 9 nitrogen and oxygen atoms in total. The topological polar surface area (TPSA) is 128 Å². The summed E-state index contributed by atoms with van der Waals surface area (Å²) in [7, 11) is -3.75. The van der Waals surface area contributed by atoms with Crippen molar-refractivity contribution in [1.82, 2.24) is 15.6 Å². The minimum atomic E-state index is -3.75. The van der Waals surface area contributed by atoms with Gasteiger partial charge in [0.25, 0.3) is 5.91 Å². The molecule has 0 atom stereocenters. The fraction of sp³-hybridized carbons (Fsp3) is 0.125. The van der Waals surface area contributed by atoms with E-state index in [1.165, 1.54) is 31.2 Å². The Hall–Kier alpha value is -3.80. The summed E-state index contributed by atoms with van der Waals surface area (Å²) < 4.78 is 27.6. The van der Waals surface area contributed by atoms with Gasteiger partial charge in [0.1, 0.15) is 0 Å². The lowest BCUT2D eigenvalue weighted by Gasteiger charge is -2.12. The lowest BCUT2D eigenvalue weighted by molar-refractivity contribution is -0.114. The van der Waals surface area contributed by atoms with E-state index in [0.29, 0.717) is 16.8 Å². The number of rotatable bonds is 7. The molecule has 0 saturated heterocycles. The first kappa shape index (κ1) is 25.8. The molecular weight excluding hydrogens is 486 g/mol. The van der Waals surface area contributed by atoms with Crippen molar-refractivity contribution < 1.29 is 18.0 Å². The number of hydrogen-bond donors (Lipinski definition) is 5. The lowest BCUT2D eigenvalue weighted by Crippen LogP contribution is -2.43. The van der Waals surface area contributed by atoms with Crippen molar-refractivity contribution in [3.8, 4) is 0 Å². The van der Waals surface area contributed by atoms with Crippen LogP contribution in [0.5, 0.6) is 0 Å². The predicted molar refractivity (Wildman–Crippen MR) is 139 cm³/mol. The first-order valence-corrected chi connectivity index (χ1v) is 12.4. The van der Waals surface area contributed by atoms with Gasteiger partial charge in [0.05, 0.1) is 4.90 Å². The van der Waals surface area contributed by atoms with E-state index < -0.39 is 15.9 Å². The molecule has 0 bridgehead atoms. The summed E-state index contributed by atoms with van der Waals surface area (Å²) in [6.45, 7) is 3.40. The molecule has 0 aliphatic rings. The smallest absolute Gasteiger partial charge is 0.269 e. The molecule has 182 valence electrons. The Morgan fingerprint density at radius 1 is 0.800 bits per heavy atom. The fourth-order valence-corrected chi connectivity index (χ4v) is 4.13. The van der Waals surface area contributed by atoms with Crippen molar-refractivity contribution in [2.45, 2.75) is 25.3 Å². The van der Waals surface area contributed by atoms with Crippen LogP contribution in [-0.2, 0) is 21.4 Å². The number of carbonyl (C=O) groups excluding carboxylic acids is 2. The second-order valence-corrected chi connectivity index (χ2v) is 9.80. The van der Waals surface area contributed by atoms with Crippen molar-refractivity contribution >= 4 is 50.5 Å². The lowest BCUT2D eigenvalue weighted by atomic mass is 10.1. The number of nitrogens with one attached hydrogen (secondary N) is 5. The number of hydrazine groups is 1. The molecule has 11 heteroatoms. The van der Waals surface area contributed by atoms with Crippen LogP contribution in [0, 0.1) is 6.92 Å². The van der Waals surface area contributed by atoms with Gasteiger partial charge >= 0.3 is 0 Å². The van der Waals surface area contributed by atoms with Crippen molar-refractivity contribution in [1.29, 1.82) is 0 Å².